The molecule has 62 valence electrons. The van der Waals surface area contributed by atoms with Crippen molar-refractivity contribution in [2.45, 2.75) is 0 Å². The number of hydrogen-bond donors (Lipinski definition) is 0. The van der Waals surface area contributed by atoms with Gasteiger partial charge in [-0.1, -0.05) is 41.9 Å². The molecule has 0 spiro atoms. The summed E-state index contributed by atoms with van der Waals surface area (Å²) in [5, 5.41) is 2.98. The van der Waals surface area contributed by atoms with E-state index in [0.717, 1.165) is 11.3 Å². The Labute approximate surface area is 80.7 Å². The zero-order valence-corrected chi connectivity index (χ0v) is 7.55. The summed E-state index contributed by atoms with van der Waals surface area (Å²) < 4.78 is 0. The van der Waals surface area contributed by atoms with E-state index in [9.17, 15) is 0 Å². The van der Waals surface area contributed by atoms with Gasteiger partial charge in [0.2, 0.25) is 0 Å². The number of benzene rings is 2. The largest absolute Gasteiger partial charge is 0.235 e. The predicted molar refractivity (Wildman–Crippen MR) is 56.0 cm³/mol. The highest BCUT2D eigenvalue weighted by Gasteiger charge is 2.15. The van der Waals surface area contributed by atoms with Gasteiger partial charge >= 0.3 is 0 Å². The molecule has 1 aliphatic rings. The molecule has 0 unspecified atom stereocenters. The number of halogens is 1. The maximum Gasteiger partial charge on any atom is 0.137 e. The second kappa shape index (κ2) is 2.33. The standard InChI is InChI=1S/C11H6ClN/c12-11-8-5-1-3-7-4-2-6-9(13-11)10(7)8/h1-6H. The maximum absolute atomic E-state index is 6.00. The highest BCUT2D eigenvalue weighted by molar-refractivity contribution is 6.71. The number of aliphatic imine (C=N–C) groups is 1. The average molecular weight is 188 g/mol. The molecule has 0 saturated heterocycles. The molecular formula is C11H6ClN. The van der Waals surface area contributed by atoms with Crippen LogP contribution in [0.1, 0.15) is 5.56 Å². The zero-order chi connectivity index (χ0) is 8.84. The molecular weight excluding hydrogens is 182 g/mol. The van der Waals surface area contributed by atoms with Gasteiger partial charge < -0.3 is 0 Å². The lowest BCUT2D eigenvalue weighted by Gasteiger charge is -1.98. The molecule has 0 fully saturated rings. The zero-order valence-electron chi connectivity index (χ0n) is 6.79. The number of rotatable bonds is 0. The third-order valence-corrected chi connectivity index (χ3v) is 2.61. The van der Waals surface area contributed by atoms with Crippen LogP contribution in [0.5, 0.6) is 0 Å². The van der Waals surface area contributed by atoms with Gasteiger partial charge in [0.05, 0.1) is 5.69 Å². The Hall–Kier alpha value is -1.34. The fourth-order valence-electron chi connectivity index (χ4n) is 1.75. The molecule has 2 aromatic rings. The summed E-state index contributed by atoms with van der Waals surface area (Å²) in [6.45, 7) is 0. The summed E-state index contributed by atoms with van der Waals surface area (Å²) in [5.41, 5.74) is 2.04. The van der Waals surface area contributed by atoms with Crippen LogP contribution in [0.3, 0.4) is 0 Å². The molecule has 1 heterocycles. The minimum Gasteiger partial charge on any atom is -0.235 e. The van der Waals surface area contributed by atoms with Gasteiger partial charge in [0.25, 0.3) is 0 Å². The topological polar surface area (TPSA) is 12.4 Å². The van der Waals surface area contributed by atoms with Crippen LogP contribution in [0.25, 0.3) is 10.8 Å². The minimum absolute atomic E-state index is 0.604. The van der Waals surface area contributed by atoms with Crippen molar-refractivity contribution in [3.8, 4) is 0 Å². The van der Waals surface area contributed by atoms with Gasteiger partial charge in [0.1, 0.15) is 5.17 Å². The van der Waals surface area contributed by atoms with Crippen molar-refractivity contribution >= 4 is 33.2 Å². The molecule has 0 radical (unpaired) electrons. The van der Waals surface area contributed by atoms with Crippen LogP contribution in [-0.4, -0.2) is 5.17 Å². The van der Waals surface area contributed by atoms with Crippen molar-refractivity contribution < 1.29 is 0 Å². The first-order valence-electron chi connectivity index (χ1n) is 4.12. The van der Waals surface area contributed by atoms with E-state index in [0.29, 0.717) is 5.17 Å². The molecule has 0 bridgehead atoms. The Bertz CT molecular complexity index is 523. The molecule has 0 atom stereocenters. The summed E-state index contributed by atoms with van der Waals surface area (Å²) >= 11 is 6.00. The number of nitrogens with zero attached hydrogens (tertiary/aromatic N) is 1. The van der Waals surface area contributed by atoms with Gasteiger partial charge in [0, 0.05) is 10.9 Å². The van der Waals surface area contributed by atoms with Crippen LogP contribution >= 0.6 is 11.6 Å². The Morgan fingerprint density at radius 3 is 2.62 bits per heavy atom. The molecule has 0 amide bonds. The van der Waals surface area contributed by atoms with Crippen molar-refractivity contribution in [3.05, 3.63) is 42.0 Å². The monoisotopic (exact) mass is 187 g/mol. The first kappa shape index (κ1) is 7.10. The molecule has 2 aromatic carbocycles. The van der Waals surface area contributed by atoms with Gasteiger partial charge in [-0.05, 0) is 11.5 Å². The van der Waals surface area contributed by atoms with E-state index in [2.05, 4.69) is 17.1 Å². The lowest BCUT2D eigenvalue weighted by Crippen LogP contribution is -1.84. The van der Waals surface area contributed by atoms with Crippen molar-refractivity contribution in [2.24, 2.45) is 4.99 Å². The lowest BCUT2D eigenvalue weighted by atomic mass is 10.1. The Morgan fingerprint density at radius 1 is 1.00 bits per heavy atom. The Kier molecular flexibility index (Phi) is 1.27. The fourth-order valence-corrected chi connectivity index (χ4v) is 2.00. The second-order valence-corrected chi connectivity index (χ2v) is 3.44. The van der Waals surface area contributed by atoms with Gasteiger partial charge in [-0.2, -0.15) is 0 Å². The van der Waals surface area contributed by atoms with E-state index in [-0.39, 0.29) is 0 Å². The third kappa shape index (κ3) is 0.850. The first-order chi connectivity index (χ1) is 6.36. The van der Waals surface area contributed by atoms with Crippen molar-refractivity contribution in [1.29, 1.82) is 0 Å². The van der Waals surface area contributed by atoms with E-state index < -0.39 is 0 Å². The molecule has 0 aliphatic carbocycles. The number of hydrogen-bond acceptors (Lipinski definition) is 1. The van der Waals surface area contributed by atoms with Crippen LogP contribution < -0.4 is 0 Å². The normalized spacial score (nSPS) is 13.5. The van der Waals surface area contributed by atoms with Crippen molar-refractivity contribution in [2.75, 3.05) is 0 Å². The summed E-state index contributed by atoms with van der Waals surface area (Å²) in [6.07, 6.45) is 0. The summed E-state index contributed by atoms with van der Waals surface area (Å²) in [5.74, 6) is 0. The predicted octanol–water partition coefficient (Wildman–Crippen LogP) is 3.47. The minimum atomic E-state index is 0.604. The molecule has 13 heavy (non-hydrogen) atoms. The summed E-state index contributed by atoms with van der Waals surface area (Å²) in [7, 11) is 0. The Balaban J connectivity index is 2.59. The van der Waals surface area contributed by atoms with Crippen molar-refractivity contribution in [3.63, 3.8) is 0 Å². The summed E-state index contributed by atoms with van der Waals surface area (Å²) in [6, 6.07) is 12.2. The third-order valence-electron chi connectivity index (χ3n) is 2.32. The molecule has 0 N–H and O–H groups in total. The summed E-state index contributed by atoms with van der Waals surface area (Å²) in [4.78, 5) is 4.28. The second-order valence-electron chi connectivity index (χ2n) is 3.08. The Morgan fingerprint density at radius 2 is 1.77 bits per heavy atom. The lowest BCUT2D eigenvalue weighted by molar-refractivity contribution is 1.62. The molecule has 2 heteroatoms. The smallest absolute Gasteiger partial charge is 0.137 e. The molecule has 0 saturated carbocycles. The van der Waals surface area contributed by atoms with Gasteiger partial charge in [-0.15, -0.1) is 0 Å². The van der Waals surface area contributed by atoms with Gasteiger partial charge in [-0.25, -0.2) is 4.99 Å². The van der Waals surface area contributed by atoms with Crippen LogP contribution in [0.2, 0.25) is 0 Å². The van der Waals surface area contributed by atoms with Gasteiger partial charge in [-0.3, -0.25) is 0 Å². The van der Waals surface area contributed by atoms with Crippen LogP contribution in [0.4, 0.5) is 5.69 Å². The van der Waals surface area contributed by atoms with E-state index in [4.69, 9.17) is 11.6 Å². The molecule has 1 nitrogen and oxygen atoms in total. The van der Waals surface area contributed by atoms with Gasteiger partial charge in [0.15, 0.2) is 0 Å². The quantitative estimate of drug-likeness (QED) is 0.599. The maximum atomic E-state index is 6.00. The SMILES string of the molecule is ClC1=Nc2cccc3cccc1c23. The molecule has 0 aromatic heterocycles. The molecule has 3 rings (SSSR count). The van der Waals surface area contributed by atoms with Crippen LogP contribution in [0, 0.1) is 0 Å². The van der Waals surface area contributed by atoms with E-state index in [1.54, 1.807) is 0 Å². The first-order valence-corrected chi connectivity index (χ1v) is 4.50. The van der Waals surface area contributed by atoms with Crippen molar-refractivity contribution in [1.82, 2.24) is 0 Å². The highest BCUT2D eigenvalue weighted by Crippen LogP contribution is 2.35. The van der Waals surface area contributed by atoms with E-state index in [1.165, 1.54) is 10.8 Å². The van der Waals surface area contributed by atoms with Crippen LogP contribution in [0.15, 0.2) is 41.4 Å². The average Bonchev–Trinajstić information content (AvgIpc) is 2.47. The van der Waals surface area contributed by atoms with E-state index in [1.807, 2.05) is 24.3 Å². The van der Waals surface area contributed by atoms with E-state index >= 15 is 0 Å². The highest BCUT2D eigenvalue weighted by atomic mass is 35.5. The van der Waals surface area contributed by atoms with Crippen LogP contribution in [-0.2, 0) is 0 Å². The fraction of sp³-hybridized carbons (Fsp3) is 0. The molecule has 1 aliphatic heterocycles.